The van der Waals surface area contributed by atoms with E-state index in [1.165, 1.54) is 24.4 Å². The molecule has 1 amide bonds. The van der Waals surface area contributed by atoms with E-state index in [2.05, 4.69) is 15.3 Å². The summed E-state index contributed by atoms with van der Waals surface area (Å²) in [5.41, 5.74) is -2.16. The minimum atomic E-state index is -4.67. The highest BCUT2D eigenvalue weighted by atomic mass is 35.5. The van der Waals surface area contributed by atoms with Crippen molar-refractivity contribution >= 4 is 17.7 Å². The van der Waals surface area contributed by atoms with Gasteiger partial charge in [-0.2, -0.15) is 13.2 Å². The van der Waals surface area contributed by atoms with E-state index < -0.39 is 29.0 Å². The maximum atomic E-state index is 13.8. The molecule has 0 saturated carbocycles. The number of nitrogens with one attached hydrogen (secondary N) is 1. The fraction of sp³-hybridized carbons (Fsp3) is 0.522. The number of halogens is 4. The fourth-order valence-corrected chi connectivity index (χ4v) is 3.51. The monoisotopic (exact) mass is 487 g/mol. The number of aromatic nitrogens is 2. The average molecular weight is 488 g/mol. The lowest BCUT2D eigenvalue weighted by atomic mass is 9.91. The highest BCUT2D eigenvalue weighted by molar-refractivity contribution is 6.28. The van der Waals surface area contributed by atoms with E-state index in [-0.39, 0.29) is 34.8 Å². The minimum absolute atomic E-state index is 0.0703. The Bertz CT molecular complexity index is 977. The molecule has 0 unspecified atom stereocenters. The Morgan fingerprint density at radius 1 is 1.15 bits per heavy atom. The second-order valence-electron chi connectivity index (χ2n) is 9.49. The normalized spacial score (nSPS) is 14.0. The molecule has 2 aromatic rings. The zero-order chi connectivity index (χ0) is 25.0. The number of hydrogen-bond donors (Lipinski definition) is 1. The Labute approximate surface area is 196 Å². The lowest BCUT2D eigenvalue weighted by molar-refractivity contribution is -0.139. The Balaban J connectivity index is 2.31. The third-order valence-corrected chi connectivity index (χ3v) is 4.60. The maximum absolute atomic E-state index is 13.8. The van der Waals surface area contributed by atoms with Crippen molar-refractivity contribution in [1.29, 1.82) is 0 Å². The molecule has 182 valence electrons. The minimum Gasteiger partial charge on any atom is -0.491 e. The molecule has 0 bridgehead atoms. The van der Waals surface area contributed by atoms with Crippen LogP contribution in [-0.4, -0.2) is 33.8 Å². The second-order valence-corrected chi connectivity index (χ2v) is 9.83. The SMILES string of the molecule is CC(C)C[C@@](C)(COc1ccc(-c2ccnc(Cl)n2)cc1C(F)(F)F)NC(=O)OC(C)(C)C. The van der Waals surface area contributed by atoms with Gasteiger partial charge in [-0.15, -0.1) is 0 Å². The molecule has 33 heavy (non-hydrogen) atoms. The first-order valence-corrected chi connectivity index (χ1v) is 10.8. The van der Waals surface area contributed by atoms with Crippen LogP contribution in [0.1, 0.15) is 53.5 Å². The van der Waals surface area contributed by atoms with Crippen molar-refractivity contribution in [2.45, 2.75) is 65.3 Å². The summed E-state index contributed by atoms with van der Waals surface area (Å²) in [5, 5.41) is 2.68. The van der Waals surface area contributed by atoms with Crippen LogP contribution < -0.4 is 10.1 Å². The van der Waals surface area contributed by atoms with Crippen LogP contribution in [0.5, 0.6) is 5.75 Å². The van der Waals surface area contributed by atoms with Gasteiger partial charge in [-0.1, -0.05) is 13.8 Å². The van der Waals surface area contributed by atoms with Gasteiger partial charge in [0.15, 0.2) is 0 Å². The Morgan fingerprint density at radius 2 is 1.82 bits per heavy atom. The highest BCUT2D eigenvalue weighted by Crippen LogP contribution is 2.39. The van der Waals surface area contributed by atoms with Gasteiger partial charge in [0, 0.05) is 11.8 Å². The summed E-state index contributed by atoms with van der Waals surface area (Å²) in [6.07, 6.45) is -3.51. The summed E-state index contributed by atoms with van der Waals surface area (Å²) < 4.78 is 52.4. The molecule has 0 aliphatic carbocycles. The van der Waals surface area contributed by atoms with E-state index in [4.69, 9.17) is 21.1 Å². The van der Waals surface area contributed by atoms with Crippen molar-refractivity contribution in [2.24, 2.45) is 5.92 Å². The molecule has 1 aromatic carbocycles. The molecule has 0 aliphatic heterocycles. The molecule has 0 aliphatic rings. The summed E-state index contributed by atoms with van der Waals surface area (Å²) in [7, 11) is 0. The molecule has 1 aromatic heterocycles. The van der Waals surface area contributed by atoms with Gasteiger partial charge in [-0.25, -0.2) is 14.8 Å². The molecule has 10 heteroatoms. The van der Waals surface area contributed by atoms with E-state index in [1.54, 1.807) is 27.7 Å². The summed E-state index contributed by atoms with van der Waals surface area (Å²) in [5.74, 6) is -0.215. The molecule has 1 atom stereocenters. The summed E-state index contributed by atoms with van der Waals surface area (Å²) in [4.78, 5) is 20.0. The quantitative estimate of drug-likeness (QED) is 0.450. The largest absolute Gasteiger partial charge is 0.491 e. The third kappa shape index (κ3) is 8.38. The lowest BCUT2D eigenvalue weighted by Crippen LogP contribution is -2.52. The van der Waals surface area contributed by atoms with Gasteiger partial charge in [0.25, 0.3) is 0 Å². The zero-order valence-electron chi connectivity index (χ0n) is 19.5. The van der Waals surface area contributed by atoms with Gasteiger partial charge >= 0.3 is 12.3 Å². The number of carbonyl (C=O) groups is 1. The van der Waals surface area contributed by atoms with Crippen molar-refractivity contribution in [3.8, 4) is 17.0 Å². The van der Waals surface area contributed by atoms with Gasteiger partial charge in [0.2, 0.25) is 5.28 Å². The van der Waals surface area contributed by atoms with Crippen LogP contribution in [0.15, 0.2) is 30.5 Å². The molecule has 2 rings (SSSR count). The zero-order valence-corrected chi connectivity index (χ0v) is 20.3. The number of alkyl carbamates (subject to hydrolysis) is 1. The Kier molecular flexibility index (Phi) is 8.22. The predicted molar refractivity (Wildman–Crippen MR) is 120 cm³/mol. The van der Waals surface area contributed by atoms with E-state index in [0.29, 0.717) is 6.42 Å². The molecule has 0 fully saturated rings. The molecular weight excluding hydrogens is 459 g/mol. The predicted octanol–water partition coefficient (Wildman–Crippen LogP) is 6.52. The maximum Gasteiger partial charge on any atom is 0.419 e. The first kappa shape index (κ1) is 26.7. The molecule has 1 heterocycles. The van der Waals surface area contributed by atoms with Gasteiger partial charge in [0.1, 0.15) is 18.0 Å². The topological polar surface area (TPSA) is 73.3 Å². The Hall–Kier alpha value is -2.55. The summed E-state index contributed by atoms with van der Waals surface area (Å²) >= 11 is 5.76. The summed E-state index contributed by atoms with van der Waals surface area (Å²) in [6.45, 7) is 10.6. The number of amides is 1. The number of ether oxygens (including phenoxy) is 2. The van der Waals surface area contributed by atoms with Crippen LogP contribution in [0.2, 0.25) is 5.28 Å². The van der Waals surface area contributed by atoms with Crippen molar-refractivity contribution < 1.29 is 27.4 Å². The Morgan fingerprint density at radius 3 is 2.36 bits per heavy atom. The first-order chi connectivity index (χ1) is 15.1. The van der Waals surface area contributed by atoms with Crippen molar-refractivity contribution in [2.75, 3.05) is 6.61 Å². The molecule has 1 N–H and O–H groups in total. The van der Waals surface area contributed by atoms with Gasteiger partial charge in [-0.3, -0.25) is 0 Å². The smallest absolute Gasteiger partial charge is 0.419 e. The van der Waals surface area contributed by atoms with Gasteiger partial charge in [0.05, 0.1) is 16.8 Å². The number of carbonyl (C=O) groups excluding carboxylic acids is 1. The van der Waals surface area contributed by atoms with Crippen molar-refractivity contribution in [3.63, 3.8) is 0 Å². The number of benzene rings is 1. The van der Waals surface area contributed by atoms with Crippen LogP contribution in [0.4, 0.5) is 18.0 Å². The van der Waals surface area contributed by atoms with Crippen LogP contribution in [0.25, 0.3) is 11.3 Å². The highest BCUT2D eigenvalue weighted by Gasteiger charge is 2.36. The standard InChI is InChI=1S/C23H29ClF3N3O3/c1-14(2)12-22(6,30-20(31)33-21(3,4)5)13-32-18-8-7-15(11-16(18)23(25,26)27)17-9-10-28-19(24)29-17/h7-11,14H,12-13H2,1-6H3,(H,30,31)/t22-/m0/s1. The number of hydrogen-bond acceptors (Lipinski definition) is 5. The van der Waals surface area contributed by atoms with Crippen molar-refractivity contribution in [3.05, 3.63) is 41.3 Å². The van der Waals surface area contributed by atoms with E-state index >= 15 is 0 Å². The second kappa shape index (κ2) is 10.2. The van der Waals surface area contributed by atoms with E-state index in [1.807, 2.05) is 13.8 Å². The lowest BCUT2D eigenvalue weighted by Gasteiger charge is -2.33. The van der Waals surface area contributed by atoms with Crippen LogP contribution in [0.3, 0.4) is 0 Å². The average Bonchev–Trinajstić information content (AvgIpc) is 2.63. The van der Waals surface area contributed by atoms with Gasteiger partial charge < -0.3 is 14.8 Å². The van der Waals surface area contributed by atoms with Crippen LogP contribution in [0, 0.1) is 5.92 Å². The van der Waals surface area contributed by atoms with Gasteiger partial charge in [-0.05, 0) is 75.9 Å². The molecule has 6 nitrogen and oxygen atoms in total. The summed E-state index contributed by atoms with van der Waals surface area (Å²) in [6, 6.07) is 5.11. The van der Waals surface area contributed by atoms with Crippen LogP contribution in [-0.2, 0) is 10.9 Å². The van der Waals surface area contributed by atoms with E-state index in [0.717, 1.165) is 6.07 Å². The molecule has 0 spiro atoms. The molecule has 0 radical (unpaired) electrons. The molecular formula is C23H29ClF3N3O3. The van der Waals surface area contributed by atoms with Crippen LogP contribution >= 0.6 is 11.6 Å². The first-order valence-electron chi connectivity index (χ1n) is 10.4. The number of nitrogens with zero attached hydrogens (tertiary/aromatic N) is 2. The van der Waals surface area contributed by atoms with E-state index in [9.17, 15) is 18.0 Å². The molecule has 0 saturated heterocycles. The fourth-order valence-electron chi connectivity index (χ4n) is 3.37. The number of rotatable bonds is 7. The number of alkyl halides is 3. The van der Waals surface area contributed by atoms with Crippen molar-refractivity contribution in [1.82, 2.24) is 15.3 Å². The third-order valence-electron chi connectivity index (χ3n) is 4.41.